The van der Waals surface area contributed by atoms with E-state index in [9.17, 15) is 0 Å². The average Bonchev–Trinajstić information content (AvgIpc) is 2.41. The lowest BCUT2D eigenvalue weighted by atomic mass is 10.2. The van der Waals surface area contributed by atoms with Crippen molar-refractivity contribution in [1.82, 2.24) is 5.32 Å². The van der Waals surface area contributed by atoms with Crippen LogP contribution in [0.25, 0.3) is 0 Å². The molecule has 2 aromatic carbocycles. The second-order valence-electron chi connectivity index (χ2n) is 3.92. The lowest BCUT2D eigenvalue weighted by Crippen LogP contribution is -2.06. The number of ether oxygens (including phenoxy) is 2. The number of para-hydroxylation sites is 1. The molecule has 3 heteroatoms. The Bertz CT molecular complexity index is 497. The normalized spacial score (nSPS) is 10.1. The van der Waals surface area contributed by atoms with Crippen molar-refractivity contribution in [3.8, 4) is 17.2 Å². The molecule has 3 nitrogen and oxygen atoms in total. The highest BCUT2D eigenvalue weighted by atomic mass is 16.5. The summed E-state index contributed by atoms with van der Waals surface area (Å²) in [6, 6.07) is 15.6. The van der Waals surface area contributed by atoms with Gasteiger partial charge in [-0.25, -0.2) is 0 Å². The standard InChI is InChI=1S/C15H17NO2/c1-16-11-12-10-14(8-9-15(12)17-2)18-13-6-4-3-5-7-13/h3-10,16H,11H2,1-2H3. The molecule has 0 amide bonds. The highest BCUT2D eigenvalue weighted by molar-refractivity contribution is 5.42. The molecule has 1 N–H and O–H groups in total. The number of hydrogen-bond donors (Lipinski definition) is 1. The summed E-state index contributed by atoms with van der Waals surface area (Å²) in [5.41, 5.74) is 1.08. The Morgan fingerprint density at radius 3 is 2.44 bits per heavy atom. The van der Waals surface area contributed by atoms with Crippen LogP contribution in [0.2, 0.25) is 0 Å². The monoisotopic (exact) mass is 243 g/mol. The van der Waals surface area contributed by atoms with Gasteiger partial charge in [-0.2, -0.15) is 0 Å². The van der Waals surface area contributed by atoms with Crippen molar-refractivity contribution in [3.05, 3.63) is 54.1 Å². The molecule has 0 saturated carbocycles. The highest BCUT2D eigenvalue weighted by Crippen LogP contribution is 2.27. The van der Waals surface area contributed by atoms with Crippen LogP contribution in [0.3, 0.4) is 0 Å². The zero-order chi connectivity index (χ0) is 12.8. The number of benzene rings is 2. The maximum atomic E-state index is 5.78. The van der Waals surface area contributed by atoms with Gasteiger partial charge in [0.2, 0.25) is 0 Å². The Morgan fingerprint density at radius 1 is 1.00 bits per heavy atom. The minimum Gasteiger partial charge on any atom is -0.496 e. The first-order valence-corrected chi connectivity index (χ1v) is 5.88. The van der Waals surface area contributed by atoms with Crippen LogP contribution < -0.4 is 14.8 Å². The van der Waals surface area contributed by atoms with Gasteiger partial charge in [-0.3, -0.25) is 0 Å². The highest BCUT2D eigenvalue weighted by Gasteiger charge is 2.05. The number of rotatable bonds is 5. The predicted molar refractivity (Wildman–Crippen MR) is 72.3 cm³/mol. The van der Waals surface area contributed by atoms with E-state index >= 15 is 0 Å². The van der Waals surface area contributed by atoms with E-state index in [4.69, 9.17) is 9.47 Å². The first-order valence-electron chi connectivity index (χ1n) is 5.88. The third kappa shape index (κ3) is 3.02. The van der Waals surface area contributed by atoms with Gasteiger partial charge in [-0.1, -0.05) is 18.2 Å². The van der Waals surface area contributed by atoms with Crippen molar-refractivity contribution >= 4 is 0 Å². The molecule has 0 fully saturated rings. The van der Waals surface area contributed by atoms with Gasteiger partial charge in [0, 0.05) is 12.1 Å². The van der Waals surface area contributed by atoms with Gasteiger partial charge in [0.15, 0.2) is 0 Å². The summed E-state index contributed by atoms with van der Waals surface area (Å²) in [5, 5.41) is 3.11. The number of methoxy groups -OCH3 is 1. The van der Waals surface area contributed by atoms with Crippen LogP contribution in [0, 0.1) is 0 Å². The van der Waals surface area contributed by atoms with Crippen LogP contribution in [0.1, 0.15) is 5.56 Å². The lowest BCUT2D eigenvalue weighted by molar-refractivity contribution is 0.406. The summed E-state index contributed by atoms with van der Waals surface area (Å²) >= 11 is 0. The second-order valence-corrected chi connectivity index (χ2v) is 3.92. The molecule has 0 spiro atoms. The molecule has 0 aliphatic carbocycles. The van der Waals surface area contributed by atoms with E-state index in [1.54, 1.807) is 7.11 Å². The minimum absolute atomic E-state index is 0.745. The maximum Gasteiger partial charge on any atom is 0.128 e. The SMILES string of the molecule is CNCc1cc(Oc2ccccc2)ccc1OC. The molecule has 0 aromatic heterocycles. The molecular formula is C15H17NO2. The zero-order valence-corrected chi connectivity index (χ0v) is 10.6. The van der Waals surface area contributed by atoms with Gasteiger partial charge in [-0.15, -0.1) is 0 Å². The quantitative estimate of drug-likeness (QED) is 0.874. The van der Waals surface area contributed by atoms with Crippen LogP contribution in [-0.4, -0.2) is 14.2 Å². The van der Waals surface area contributed by atoms with Crippen LogP contribution in [0.4, 0.5) is 0 Å². The summed E-state index contributed by atoms with van der Waals surface area (Å²) in [4.78, 5) is 0. The third-order valence-electron chi connectivity index (χ3n) is 2.60. The lowest BCUT2D eigenvalue weighted by Gasteiger charge is -2.11. The molecular weight excluding hydrogens is 226 g/mol. The second kappa shape index (κ2) is 6.07. The Hall–Kier alpha value is -2.00. The van der Waals surface area contributed by atoms with Crippen molar-refractivity contribution in [1.29, 1.82) is 0 Å². The van der Waals surface area contributed by atoms with Crippen LogP contribution in [0.5, 0.6) is 17.2 Å². The van der Waals surface area contributed by atoms with Gasteiger partial charge >= 0.3 is 0 Å². The molecule has 0 aliphatic rings. The van der Waals surface area contributed by atoms with Gasteiger partial charge in [0.1, 0.15) is 17.2 Å². The fourth-order valence-electron chi connectivity index (χ4n) is 1.77. The fraction of sp³-hybridized carbons (Fsp3) is 0.200. The molecule has 2 aromatic rings. The topological polar surface area (TPSA) is 30.5 Å². The van der Waals surface area contributed by atoms with Crippen LogP contribution in [-0.2, 0) is 6.54 Å². The van der Waals surface area contributed by atoms with Crippen molar-refractivity contribution in [2.24, 2.45) is 0 Å². The van der Waals surface area contributed by atoms with Gasteiger partial charge in [0.05, 0.1) is 7.11 Å². The summed E-state index contributed by atoms with van der Waals surface area (Å²) in [6.07, 6.45) is 0. The van der Waals surface area contributed by atoms with Gasteiger partial charge in [0.25, 0.3) is 0 Å². The van der Waals surface area contributed by atoms with Crippen molar-refractivity contribution in [3.63, 3.8) is 0 Å². The number of hydrogen-bond acceptors (Lipinski definition) is 3. The summed E-state index contributed by atoms with van der Waals surface area (Å²) in [7, 11) is 3.58. The van der Waals surface area contributed by atoms with Crippen molar-refractivity contribution < 1.29 is 9.47 Å². The van der Waals surface area contributed by atoms with Crippen molar-refractivity contribution in [2.45, 2.75) is 6.54 Å². The molecule has 2 rings (SSSR count). The van der Waals surface area contributed by atoms with E-state index < -0.39 is 0 Å². The Kier molecular flexibility index (Phi) is 4.20. The molecule has 0 aliphatic heterocycles. The van der Waals surface area contributed by atoms with E-state index in [-0.39, 0.29) is 0 Å². The summed E-state index contributed by atoms with van der Waals surface area (Å²) in [5.74, 6) is 2.51. The van der Waals surface area contributed by atoms with E-state index in [1.165, 1.54) is 0 Å². The minimum atomic E-state index is 0.745. The largest absolute Gasteiger partial charge is 0.496 e. The molecule has 0 heterocycles. The molecule has 0 unspecified atom stereocenters. The van der Waals surface area contributed by atoms with Crippen LogP contribution in [0.15, 0.2) is 48.5 Å². The summed E-state index contributed by atoms with van der Waals surface area (Å²) < 4.78 is 11.1. The van der Waals surface area contributed by atoms with Crippen molar-refractivity contribution in [2.75, 3.05) is 14.2 Å². The maximum absolute atomic E-state index is 5.78. The van der Waals surface area contributed by atoms with E-state index in [2.05, 4.69) is 5.32 Å². The average molecular weight is 243 g/mol. The Labute approximate surface area is 107 Å². The first kappa shape index (κ1) is 12.5. The fourth-order valence-corrected chi connectivity index (χ4v) is 1.77. The molecule has 94 valence electrons. The van der Waals surface area contributed by atoms with E-state index in [0.29, 0.717) is 0 Å². The molecule has 0 radical (unpaired) electrons. The van der Waals surface area contributed by atoms with Crippen LogP contribution >= 0.6 is 0 Å². The first-order chi connectivity index (χ1) is 8.83. The molecule has 0 bridgehead atoms. The number of nitrogens with one attached hydrogen (secondary N) is 1. The van der Waals surface area contributed by atoms with Gasteiger partial charge in [-0.05, 0) is 37.4 Å². The molecule has 0 atom stereocenters. The zero-order valence-electron chi connectivity index (χ0n) is 10.6. The van der Waals surface area contributed by atoms with Gasteiger partial charge < -0.3 is 14.8 Å². The summed E-state index contributed by atoms with van der Waals surface area (Å²) in [6.45, 7) is 0.745. The smallest absolute Gasteiger partial charge is 0.128 e. The molecule has 0 saturated heterocycles. The van der Waals surface area contributed by atoms with E-state index in [0.717, 1.165) is 29.4 Å². The Balaban J connectivity index is 2.21. The predicted octanol–water partition coefficient (Wildman–Crippen LogP) is 3.21. The Morgan fingerprint density at radius 2 is 1.78 bits per heavy atom. The third-order valence-corrected chi connectivity index (χ3v) is 2.60. The van der Waals surface area contributed by atoms with E-state index in [1.807, 2.05) is 55.6 Å². The molecule has 18 heavy (non-hydrogen) atoms.